The Kier molecular flexibility index (Phi) is 5.48. The lowest BCUT2D eigenvalue weighted by Crippen LogP contribution is -2.51. The molecule has 2 amide bonds. The molecule has 0 bridgehead atoms. The lowest BCUT2D eigenvalue weighted by atomic mass is 9.92. The van der Waals surface area contributed by atoms with Crippen molar-refractivity contribution in [1.82, 2.24) is 9.80 Å². The molecule has 1 N–H and O–H groups in total. The number of carbonyl (C=O) groups is 2. The third-order valence-electron chi connectivity index (χ3n) is 5.17. The summed E-state index contributed by atoms with van der Waals surface area (Å²) < 4.78 is 0. The molecule has 0 saturated carbocycles. The molecule has 2 aliphatic heterocycles. The van der Waals surface area contributed by atoms with Crippen molar-refractivity contribution in [2.24, 2.45) is 11.8 Å². The van der Waals surface area contributed by atoms with Gasteiger partial charge in [-0.25, -0.2) is 4.79 Å². The van der Waals surface area contributed by atoms with Crippen LogP contribution in [0.3, 0.4) is 0 Å². The monoisotopic (exact) mass is 296 g/mol. The summed E-state index contributed by atoms with van der Waals surface area (Å²) in [6.45, 7) is 6.47. The quantitative estimate of drug-likeness (QED) is 0.852. The molecule has 120 valence electrons. The summed E-state index contributed by atoms with van der Waals surface area (Å²) in [6.07, 6.45) is 5.76. The Hall–Kier alpha value is -1.26. The third-order valence-corrected chi connectivity index (χ3v) is 5.17. The first-order valence-electron chi connectivity index (χ1n) is 8.31. The Morgan fingerprint density at radius 1 is 1.14 bits per heavy atom. The molecule has 3 atom stereocenters. The van der Waals surface area contributed by atoms with Gasteiger partial charge in [0, 0.05) is 25.7 Å². The SMILES string of the molecule is CCC1CCCN(C(=O)N2CCC(C(=O)O)CC2C)CC1. The van der Waals surface area contributed by atoms with Crippen LogP contribution in [0.25, 0.3) is 0 Å². The number of likely N-dealkylation sites (tertiary alicyclic amines) is 2. The van der Waals surface area contributed by atoms with Gasteiger partial charge in [0.2, 0.25) is 0 Å². The van der Waals surface area contributed by atoms with Gasteiger partial charge in [0.05, 0.1) is 5.92 Å². The molecule has 0 spiro atoms. The molecule has 0 aromatic carbocycles. The maximum atomic E-state index is 12.7. The van der Waals surface area contributed by atoms with E-state index in [2.05, 4.69) is 6.92 Å². The van der Waals surface area contributed by atoms with Crippen molar-refractivity contribution in [3.63, 3.8) is 0 Å². The van der Waals surface area contributed by atoms with Crippen LogP contribution in [0.2, 0.25) is 0 Å². The van der Waals surface area contributed by atoms with Gasteiger partial charge in [0.15, 0.2) is 0 Å². The number of rotatable bonds is 2. The van der Waals surface area contributed by atoms with Gasteiger partial charge in [-0.1, -0.05) is 13.3 Å². The predicted octanol–water partition coefficient (Wildman–Crippen LogP) is 2.80. The standard InChI is InChI=1S/C16H28N2O3/c1-3-13-5-4-8-17(9-6-13)16(21)18-10-7-14(15(19)20)11-12(18)2/h12-14H,3-11H2,1-2H3,(H,19,20). The fourth-order valence-corrected chi connectivity index (χ4v) is 3.63. The maximum Gasteiger partial charge on any atom is 0.320 e. The van der Waals surface area contributed by atoms with E-state index < -0.39 is 5.97 Å². The van der Waals surface area contributed by atoms with E-state index in [1.165, 1.54) is 12.8 Å². The minimum atomic E-state index is -0.727. The van der Waals surface area contributed by atoms with E-state index in [9.17, 15) is 9.59 Å². The van der Waals surface area contributed by atoms with Crippen molar-refractivity contribution >= 4 is 12.0 Å². The van der Waals surface area contributed by atoms with Gasteiger partial charge in [-0.05, 0) is 44.9 Å². The molecule has 2 fully saturated rings. The Morgan fingerprint density at radius 3 is 2.52 bits per heavy atom. The van der Waals surface area contributed by atoms with Crippen molar-refractivity contribution in [3.8, 4) is 0 Å². The molecule has 2 saturated heterocycles. The summed E-state index contributed by atoms with van der Waals surface area (Å²) in [5.74, 6) is -0.273. The Morgan fingerprint density at radius 2 is 1.90 bits per heavy atom. The summed E-state index contributed by atoms with van der Waals surface area (Å²) in [4.78, 5) is 27.6. The molecule has 0 aromatic rings. The van der Waals surface area contributed by atoms with E-state index in [1.807, 2.05) is 16.7 Å². The van der Waals surface area contributed by atoms with Crippen LogP contribution in [0.5, 0.6) is 0 Å². The van der Waals surface area contributed by atoms with Crippen LogP contribution < -0.4 is 0 Å². The van der Waals surface area contributed by atoms with Crippen LogP contribution in [-0.4, -0.2) is 52.6 Å². The van der Waals surface area contributed by atoms with Gasteiger partial charge in [-0.15, -0.1) is 0 Å². The average Bonchev–Trinajstić information content (AvgIpc) is 2.71. The Balaban J connectivity index is 1.92. The molecule has 5 heteroatoms. The van der Waals surface area contributed by atoms with Gasteiger partial charge in [0.1, 0.15) is 0 Å². The third kappa shape index (κ3) is 3.89. The second-order valence-electron chi connectivity index (χ2n) is 6.58. The number of amides is 2. The second kappa shape index (κ2) is 7.14. The summed E-state index contributed by atoms with van der Waals surface area (Å²) in [7, 11) is 0. The first-order valence-corrected chi connectivity index (χ1v) is 8.31. The normalized spacial score (nSPS) is 30.9. The number of carboxylic acids is 1. The molecule has 0 radical (unpaired) electrons. The molecule has 21 heavy (non-hydrogen) atoms. The van der Waals surface area contributed by atoms with Gasteiger partial charge < -0.3 is 14.9 Å². The molecular weight excluding hydrogens is 268 g/mol. The van der Waals surface area contributed by atoms with Gasteiger partial charge >= 0.3 is 12.0 Å². The largest absolute Gasteiger partial charge is 0.481 e. The van der Waals surface area contributed by atoms with Crippen molar-refractivity contribution in [3.05, 3.63) is 0 Å². The second-order valence-corrected chi connectivity index (χ2v) is 6.58. The fraction of sp³-hybridized carbons (Fsp3) is 0.875. The first-order chi connectivity index (χ1) is 10.0. The number of piperidine rings is 1. The van der Waals surface area contributed by atoms with Gasteiger partial charge in [-0.2, -0.15) is 0 Å². The van der Waals surface area contributed by atoms with Crippen molar-refractivity contribution in [1.29, 1.82) is 0 Å². The zero-order valence-electron chi connectivity index (χ0n) is 13.3. The number of carboxylic acid groups (broad SMARTS) is 1. The van der Waals surface area contributed by atoms with Crippen molar-refractivity contribution in [2.75, 3.05) is 19.6 Å². The van der Waals surface area contributed by atoms with E-state index in [4.69, 9.17) is 5.11 Å². The van der Waals surface area contributed by atoms with E-state index in [0.717, 1.165) is 31.8 Å². The van der Waals surface area contributed by atoms with Crippen LogP contribution >= 0.6 is 0 Å². The highest BCUT2D eigenvalue weighted by molar-refractivity contribution is 5.76. The van der Waals surface area contributed by atoms with E-state index in [0.29, 0.717) is 19.4 Å². The van der Waals surface area contributed by atoms with E-state index in [-0.39, 0.29) is 18.0 Å². The lowest BCUT2D eigenvalue weighted by Gasteiger charge is -2.39. The summed E-state index contributed by atoms with van der Waals surface area (Å²) in [5.41, 5.74) is 0. The van der Waals surface area contributed by atoms with Gasteiger partial charge in [0.25, 0.3) is 0 Å². The highest BCUT2D eigenvalue weighted by Crippen LogP contribution is 2.26. The van der Waals surface area contributed by atoms with Crippen LogP contribution in [0.4, 0.5) is 4.79 Å². The van der Waals surface area contributed by atoms with Crippen LogP contribution in [0.15, 0.2) is 0 Å². The molecule has 0 aliphatic carbocycles. The molecule has 5 nitrogen and oxygen atoms in total. The number of nitrogens with zero attached hydrogens (tertiary/aromatic N) is 2. The smallest absolute Gasteiger partial charge is 0.320 e. The summed E-state index contributed by atoms with van der Waals surface area (Å²) in [5, 5.41) is 9.11. The van der Waals surface area contributed by atoms with Crippen LogP contribution in [0.1, 0.15) is 52.4 Å². The fourth-order valence-electron chi connectivity index (χ4n) is 3.63. The number of hydrogen-bond acceptors (Lipinski definition) is 2. The molecule has 3 unspecified atom stereocenters. The van der Waals surface area contributed by atoms with Crippen LogP contribution in [0, 0.1) is 11.8 Å². The highest BCUT2D eigenvalue weighted by Gasteiger charge is 2.34. The zero-order valence-corrected chi connectivity index (χ0v) is 13.3. The molecule has 0 aromatic heterocycles. The number of urea groups is 1. The Labute approximate surface area is 127 Å². The maximum absolute atomic E-state index is 12.7. The molecular formula is C16H28N2O3. The minimum Gasteiger partial charge on any atom is -0.481 e. The summed E-state index contributed by atoms with van der Waals surface area (Å²) in [6, 6.07) is 0.140. The predicted molar refractivity (Wildman–Crippen MR) is 81.1 cm³/mol. The molecule has 2 rings (SSSR count). The van der Waals surface area contributed by atoms with Crippen molar-refractivity contribution in [2.45, 2.75) is 58.4 Å². The minimum absolute atomic E-state index is 0.0255. The van der Waals surface area contributed by atoms with E-state index in [1.54, 1.807) is 0 Å². The number of carbonyl (C=O) groups excluding carboxylic acids is 1. The Bertz CT molecular complexity index is 386. The topological polar surface area (TPSA) is 60.9 Å². The zero-order chi connectivity index (χ0) is 15.4. The number of hydrogen-bond donors (Lipinski definition) is 1. The number of aliphatic carboxylic acids is 1. The highest BCUT2D eigenvalue weighted by atomic mass is 16.4. The molecule has 2 heterocycles. The molecule has 2 aliphatic rings. The lowest BCUT2D eigenvalue weighted by molar-refractivity contribution is -0.143. The van der Waals surface area contributed by atoms with Crippen molar-refractivity contribution < 1.29 is 14.7 Å². The average molecular weight is 296 g/mol. The van der Waals surface area contributed by atoms with E-state index >= 15 is 0 Å². The first kappa shape index (κ1) is 16.1. The van der Waals surface area contributed by atoms with Crippen LogP contribution in [-0.2, 0) is 4.79 Å². The van der Waals surface area contributed by atoms with Gasteiger partial charge in [-0.3, -0.25) is 4.79 Å². The summed E-state index contributed by atoms with van der Waals surface area (Å²) >= 11 is 0.